The second-order valence-electron chi connectivity index (χ2n) is 2.43. The number of rotatable bonds is 0. The van der Waals surface area contributed by atoms with Crippen LogP contribution in [0.4, 0.5) is 0 Å². The molecule has 2 rings (SSSR count). The van der Waals surface area contributed by atoms with E-state index in [-0.39, 0.29) is 0 Å². The quantitative estimate of drug-likeness (QED) is 0.579. The predicted octanol–water partition coefficient (Wildman–Crippen LogP) is 0.933. The van der Waals surface area contributed by atoms with Gasteiger partial charge in [-0.05, 0) is 6.07 Å². The minimum absolute atomic E-state index is 0.373. The summed E-state index contributed by atoms with van der Waals surface area (Å²) >= 11 is 0. The third kappa shape index (κ3) is 0.906. The Morgan fingerprint density at radius 1 is 1.50 bits per heavy atom. The lowest BCUT2D eigenvalue weighted by atomic mass is 10.2. The summed E-state index contributed by atoms with van der Waals surface area (Å²) in [6.07, 6.45) is 1.37. The minimum atomic E-state index is -2.50. The zero-order valence-corrected chi connectivity index (χ0v) is 6.19. The Bertz CT molecular complexity index is 559. The maximum Gasteiger partial charge on any atom is 0.347 e. The van der Waals surface area contributed by atoms with Crippen LogP contribution in [0.3, 0.4) is 0 Å². The van der Waals surface area contributed by atoms with E-state index in [1.54, 1.807) is 24.3 Å². The van der Waals surface area contributed by atoms with E-state index in [1.807, 2.05) is 0 Å². The number of aryl methyl sites for hydroxylation is 1. The van der Waals surface area contributed by atoms with Crippen LogP contribution in [0.5, 0.6) is 0 Å². The molecule has 0 N–H and O–H groups in total. The third-order valence-corrected chi connectivity index (χ3v) is 1.68. The number of benzene rings is 1. The Morgan fingerprint density at radius 2 is 2.33 bits per heavy atom. The standard InChI is InChI=1S/C9H8N2O/c1-11-8-5-3-2-4-7(8)6-10-9(11)12/h2-6H,1H3/i1D3. The van der Waals surface area contributed by atoms with E-state index in [4.69, 9.17) is 4.11 Å². The lowest BCUT2D eigenvalue weighted by molar-refractivity contribution is 0.853. The van der Waals surface area contributed by atoms with Crippen molar-refractivity contribution in [1.82, 2.24) is 9.55 Å². The Morgan fingerprint density at radius 3 is 3.17 bits per heavy atom. The number of para-hydroxylation sites is 1. The highest BCUT2D eigenvalue weighted by atomic mass is 16.1. The van der Waals surface area contributed by atoms with Crippen LogP contribution in [0.25, 0.3) is 10.9 Å². The predicted molar refractivity (Wildman–Crippen MR) is 47.0 cm³/mol. The number of aromatic nitrogens is 2. The second kappa shape index (κ2) is 2.44. The Hall–Kier alpha value is -1.64. The molecule has 0 atom stereocenters. The highest BCUT2D eigenvalue weighted by Crippen LogP contribution is 2.07. The number of fused-ring (bicyclic) bond motifs is 1. The normalized spacial score (nSPS) is 15.2. The molecule has 0 aliphatic heterocycles. The first-order valence-corrected chi connectivity index (χ1v) is 3.47. The van der Waals surface area contributed by atoms with Gasteiger partial charge in [0.25, 0.3) is 0 Å². The Balaban J connectivity index is 2.93. The third-order valence-electron chi connectivity index (χ3n) is 1.68. The summed E-state index contributed by atoms with van der Waals surface area (Å²) in [4.78, 5) is 14.9. The molecular formula is C9H8N2O. The number of hydrogen-bond donors (Lipinski definition) is 0. The van der Waals surface area contributed by atoms with Crippen molar-refractivity contribution in [2.24, 2.45) is 6.98 Å². The molecule has 0 radical (unpaired) electrons. The maximum atomic E-state index is 11.4. The van der Waals surface area contributed by atoms with Crippen LogP contribution < -0.4 is 5.69 Å². The lowest BCUT2D eigenvalue weighted by Crippen LogP contribution is -2.19. The van der Waals surface area contributed by atoms with Crippen LogP contribution in [0.15, 0.2) is 35.3 Å². The summed E-state index contributed by atoms with van der Waals surface area (Å²) in [6.45, 7) is -2.50. The van der Waals surface area contributed by atoms with Gasteiger partial charge >= 0.3 is 5.69 Å². The van der Waals surface area contributed by atoms with Gasteiger partial charge in [0.15, 0.2) is 0 Å². The molecule has 0 saturated carbocycles. The molecule has 0 amide bonds. The largest absolute Gasteiger partial charge is 0.347 e. The molecule has 60 valence electrons. The number of hydrogen-bond acceptors (Lipinski definition) is 2. The van der Waals surface area contributed by atoms with Gasteiger partial charge in [-0.25, -0.2) is 9.78 Å². The van der Waals surface area contributed by atoms with E-state index >= 15 is 0 Å². The minimum Gasteiger partial charge on any atom is -0.295 e. The fraction of sp³-hybridized carbons (Fsp3) is 0.111. The van der Waals surface area contributed by atoms with Crippen LogP contribution >= 0.6 is 0 Å². The van der Waals surface area contributed by atoms with Crippen LogP contribution in [-0.2, 0) is 6.98 Å². The fourth-order valence-corrected chi connectivity index (χ4v) is 1.09. The van der Waals surface area contributed by atoms with E-state index in [0.29, 0.717) is 10.9 Å². The molecule has 0 saturated heterocycles. The summed E-state index contributed by atoms with van der Waals surface area (Å²) in [5.41, 5.74) is -0.383. The second-order valence-corrected chi connectivity index (χ2v) is 2.43. The van der Waals surface area contributed by atoms with Gasteiger partial charge in [0.2, 0.25) is 0 Å². The summed E-state index contributed by atoms with van der Waals surface area (Å²) in [5, 5.41) is 0.633. The molecule has 0 fully saturated rings. The molecule has 0 aliphatic rings. The van der Waals surface area contributed by atoms with Gasteiger partial charge in [-0.3, -0.25) is 4.57 Å². The van der Waals surface area contributed by atoms with Crippen molar-refractivity contribution < 1.29 is 4.11 Å². The van der Waals surface area contributed by atoms with E-state index in [0.717, 1.165) is 4.57 Å². The van der Waals surface area contributed by atoms with E-state index in [2.05, 4.69) is 4.98 Å². The average molecular weight is 163 g/mol. The maximum absolute atomic E-state index is 11.4. The summed E-state index contributed by atoms with van der Waals surface area (Å²) < 4.78 is 22.5. The van der Waals surface area contributed by atoms with Crippen molar-refractivity contribution in [3.8, 4) is 0 Å². The van der Waals surface area contributed by atoms with Crippen molar-refractivity contribution in [2.75, 3.05) is 0 Å². The van der Waals surface area contributed by atoms with E-state index < -0.39 is 12.7 Å². The van der Waals surface area contributed by atoms with Crippen LogP contribution in [0.1, 0.15) is 4.11 Å². The van der Waals surface area contributed by atoms with Crippen molar-refractivity contribution in [3.63, 3.8) is 0 Å². The van der Waals surface area contributed by atoms with Gasteiger partial charge in [-0.2, -0.15) is 0 Å². The molecule has 12 heavy (non-hydrogen) atoms. The van der Waals surface area contributed by atoms with Gasteiger partial charge in [0.1, 0.15) is 0 Å². The van der Waals surface area contributed by atoms with Gasteiger partial charge < -0.3 is 0 Å². The van der Waals surface area contributed by atoms with Crippen molar-refractivity contribution >= 4 is 10.9 Å². The average Bonchev–Trinajstić information content (AvgIpc) is 2.15. The molecule has 0 unspecified atom stereocenters. The van der Waals surface area contributed by atoms with Gasteiger partial charge in [-0.1, -0.05) is 18.2 Å². The van der Waals surface area contributed by atoms with E-state index in [1.165, 1.54) is 6.20 Å². The van der Waals surface area contributed by atoms with Gasteiger partial charge in [0, 0.05) is 22.7 Å². The molecular weight excluding hydrogens is 152 g/mol. The highest BCUT2D eigenvalue weighted by molar-refractivity contribution is 5.77. The zero-order valence-electron chi connectivity index (χ0n) is 9.19. The molecule has 0 bridgehead atoms. The molecule has 1 aromatic heterocycles. The molecule has 2 aromatic rings. The fourth-order valence-electron chi connectivity index (χ4n) is 1.09. The smallest absolute Gasteiger partial charge is 0.295 e. The first-order valence-electron chi connectivity index (χ1n) is 4.97. The lowest BCUT2D eigenvalue weighted by Gasteiger charge is -2.00. The number of nitrogens with zero attached hydrogens (tertiary/aromatic N) is 2. The van der Waals surface area contributed by atoms with Crippen molar-refractivity contribution in [1.29, 1.82) is 0 Å². The Kier molecular flexibility index (Phi) is 0.896. The van der Waals surface area contributed by atoms with Crippen LogP contribution in [0, 0.1) is 0 Å². The van der Waals surface area contributed by atoms with Gasteiger partial charge in [0.05, 0.1) is 5.52 Å². The van der Waals surface area contributed by atoms with Gasteiger partial charge in [-0.15, -0.1) is 0 Å². The zero-order chi connectivity index (χ0) is 11.1. The molecule has 1 heterocycles. The molecule has 1 aromatic carbocycles. The van der Waals surface area contributed by atoms with Crippen molar-refractivity contribution in [2.45, 2.75) is 0 Å². The summed E-state index contributed by atoms with van der Waals surface area (Å²) in [5.74, 6) is 0. The summed E-state index contributed by atoms with van der Waals surface area (Å²) in [6, 6.07) is 6.75. The van der Waals surface area contributed by atoms with Crippen molar-refractivity contribution in [3.05, 3.63) is 40.9 Å². The highest BCUT2D eigenvalue weighted by Gasteiger charge is 1.96. The molecule has 3 heteroatoms. The summed E-state index contributed by atoms with van der Waals surface area (Å²) in [7, 11) is 0. The topological polar surface area (TPSA) is 34.9 Å². The molecule has 3 nitrogen and oxygen atoms in total. The Labute approximate surface area is 73.5 Å². The SMILES string of the molecule is [2H]C([2H])([2H])n1c(=O)ncc2ccccc21. The first kappa shape index (κ1) is 4.40. The molecule has 0 aliphatic carbocycles. The van der Waals surface area contributed by atoms with Crippen LogP contribution in [0.2, 0.25) is 0 Å². The van der Waals surface area contributed by atoms with E-state index in [9.17, 15) is 4.79 Å². The monoisotopic (exact) mass is 163 g/mol. The molecule has 0 spiro atoms. The first-order chi connectivity index (χ1) is 7.00. The van der Waals surface area contributed by atoms with Crippen LogP contribution in [-0.4, -0.2) is 9.55 Å².